The van der Waals surface area contributed by atoms with Crippen molar-refractivity contribution in [3.63, 3.8) is 0 Å². The highest BCUT2D eigenvalue weighted by Crippen LogP contribution is 2.61. The smallest absolute Gasteiger partial charge is 0.343 e. The summed E-state index contributed by atoms with van der Waals surface area (Å²) in [6.45, 7) is 23.6. The number of nitrogens with zero attached hydrogens (tertiary/aromatic N) is 2. The van der Waals surface area contributed by atoms with Crippen molar-refractivity contribution in [3.05, 3.63) is 197 Å². The molecule has 0 spiro atoms. The molecule has 0 amide bonds. The number of benzene rings is 8. The normalized spacial score (nSPS) is 15.6. The lowest BCUT2D eigenvalue weighted by atomic mass is 9.45. The van der Waals surface area contributed by atoms with Gasteiger partial charge in [0.2, 0.25) is 0 Å². The molecule has 4 aliphatic rings. The first-order valence-electron chi connectivity index (χ1n) is 24.5. The van der Waals surface area contributed by atoms with E-state index in [0.29, 0.717) is 0 Å². The monoisotopic (exact) mass is 896 g/mol. The quantitative estimate of drug-likeness (QED) is 0.163. The zero-order chi connectivity index (χ0) is 46.8. The second kappa shape index (κ2) is 14.0. The van der Waals surface area contributed by atoms with Gasteiger partial charge in [0, 0.05) is 54.0 Å². The Morgan fingerprint density at radius 3 is 1.69 bits per heavy atom. The maximum Gasteiger partial charge on any atom is 0.343 e. The van der Waals surface area contributed by atoms with E-state index in [1.165, 1.54) is 127 Å². The highest BCUT2D eigenvalue weighted by Gasteiger charge is 2.52. The van der Waals surface area contributed by atoms with Gasteiger partial charge in [-0.1, -0.05) is 178 Å². The largest absolute Gasteiger partial charge is 0.376 e. The van der Waals surface area contributed by atoms with Crippen LogP contribution >= 0.6 is 11.3 Å². The molecule has 9 aromatic rings. The lowest BCUT2D eigenvalue weighted by Gasteiger charge is -2.46. The third-order valence-corrected chi connectivity index (χ3v) is 17.3. The van der Waals surface area contributed by atoms with Crippen LogP contribution in [0, 0.1) is 0 Å². The van der Waals surface area contributed by atoms with Gasteiger partial charge in [0.05, 0.1) is 5.69 Å². The van der Waals surface area contributed by atoms with E-state index >= 15 is 0 Å². The molecule has 0 fully saturated rings. The topological polar surface area (TPSA) is 6.48 Å². The molecule has 3 heterocycles. The van der Waals surface area contributed by atoms with E-state index in [2.05, 4.69) is 243 Å². The average molecular weight is 897 g/mol. The summed E-state index contributed by atoms with van der Waals surface area (Å²) in [5.41, 5.74) is 26.2. The Kier molecular flexibility index (Phi) is 8.55. The van der Waals surface area contributed by atoms with Crippen LogP contribution in [0.3, 0.4) is 0 Å². The minimum atomic E-state index is -0.240. The summed E-state index contributed by atoms with van der Waals surface area (Å²) in [6, 6.07) is 63.4. The summed E-state index contributed by atoms with van der Waals surface area (Å²) < 4.78 is 2.68. The SMILES string of the molecule is CC(C)(C)c1ccc(N2B3c4sc5ccc(-c6ccccc6)cc5c4N(c4ccc(C(C)(C)C)cc4)c4cc5c(c(c43)-c3cc4c(cc32)-c2ccccc2C4(C)C)C(C)(C)c2ccccc2-5)cc1. The van der Waals surface area contributed by atoms with Crippen molar-refractivity contribution >= 4 is 66.9 Å². The molecule has 4 heteroatoms. The maximum atomic E-state index is 2.75. The van der Waals surface area contributed by atoms with Gasteiger partial charge in [-0.25, -0.2) is 0 Å². The summed E-state index contributed by atoms with van der Waals surface area (Å²) in [5.74, 6) is 0. The first-order valence-corrected chi connectivity index (χ1v) is 25.4. The standard InChI is InChI=1S/C64H57BN2S/c1-61(2,3)40-25-29-42(30-26-40)66-54-37-47-45-21-15-17-23-51(45)64(9,10)57(47)56-48-35-52-46(44-20-14-16-22-50(44)63(52,7)8)36-53(48)67(43-31-27-41(28-32-43)62(4,5)6)65(58(54)56)60-59(66)49-34-39(24-33-55(49)68-60)38-18-12-11-13-19-38/h11-37H,1-10H3. The fourth-order valence-electron chi connectivity index (χ4n) is 12.6. The molecule has 13 rings (SSSR count). The lowest BCUT2D eigenvalue weighted by molar-refractivity contribution is 0.590. The molecule has 68 heavy (non-hydrogen) atoms. The number of fused-ring (bicyclic) bond motifs is 13. The summed E-state index contributed by atoms with van der Waals surface area (Å²) in [4.78, 5) is 5.41. The Balaban J connectivity index is 1.20. The summed E-state index contributed by atoms with van der Waals surface area (Å²) in [6.07, 6.45) is 0. The van der Waals surface area contributed by atoms with Gasteiger partial charge < -0.3 is 9.71 Å². The van der Waals surface area contributed by atoms with Crippen LogP contribution in [0.1, 0.15) is 103 Å². The van der Waals surface area contributed by atoms with Crippen LogP contribution in [-0.4, -0.2) is 6.85 Å². The Labute approximate surface area is 407 Å². The fraction of sp³-hybridized carbons (Fsp3) is 0.219. The first-order chi connectivity index (χ1) is 32.5. The van der Waals surface area contributed by atoms with E-state index in [-0.39, 0.29) is 28.5 Å². The van der Waals surface area contributed by atoms with E-state index in [1.807, 2.05) is 11.3 Å². The predicted octanol–water partition coefficient (Wildman–Crippen LogP) is 16.5. The lowest BCUT2D eigenvalue weighted by Crippen LogP contribution is -2.61. The number of thiophene rings is 1. The van der Waals surface area contributed by atoms with Crippen molar-refractivity contribution < 1.29 is 0 Å². The molecule has 0 saturated heterocycles. The maximum absolute atomic E-state index is 2.75. The van der Waals surface area contributed by atoms with Gasteiger partial charge in [0.25, 0.3) is 0 Å². The van der Waals surface area contributed by atoms with Crippen molar-refractivity contribution in [1.82, 2.24) is 0 Å². The van der Waals surface area contributed by atoms with E-state index in [9.17, 15) is 0 Å². The fourth-order valence-corrected chi connectivity index (χ4v) is 13.8. The molecule has 0 N–H and O–H groups in total. The minimum Gasteiger partial charge on any atom is -0.376 e. The molecule has 0 unspecified atom stereocenters. The van der Waals surface area contributed by atoms with Crippen LogP contribution in [-0.2, 0) is 21.7 Å². The number of hydrogen-bond donors (Lipinski definition) is 0. The number of rotatable bonds is 3. The summed E-state index contributed by atoms with van der Waals surface area (Å²) in [7, 11) is 0. The van der Waals surface area contributed by atoms with Crippen LogP contribution in [0.25, 0.3) is 54.6 Å². The molecule has 0 saturated carbocycles. The zero-order valence-corrected chi connectivity index (χ0v) is 41.8. The molecule has 1 aromatic heterocycles. The van der Waals surface area contributed by atoms with Gasteiger partial charge >= 0.3 is 6.85 Å². The Morgan fingerprint density at radius 2 is 1.04 bits per heavy atom. The van der Waals surface area contributed by atoms with Gasteiger partial charge in [-0.2, -0.15) is 0 Å². The van der Waals surface area contributed by atoms with Gasteiger partial charge in [0.15, 0.2) is 0 Å². The van der Waals surface area contributed by atoms with Crippen LogP contribution in [0.5, 0.6) is 0 Å². The molecule has 0 atom stereocenters. The minimum absolute atomic E-state index is 0.0261. The third kappa shape index (κ3) is 5.70. The van der Waals surface area contributed by atoms with Crippen molar-refractivity contribution in [1.29, 1.82) is 0 Å². The van der Waals surface area contributed by atoms with Crippen molar-refractivity contribution in [2.24, 2.45) is 0 Å². The highest BCUT2D eigenvalue weighted by molar-refractivity contribution is 7.32. The van der Waals surface area contributed by atoms with E-state index in [0.717, 1.165) is 0 Å². The van der Waals surface area contributed by atoms with Crippen LogP contribution in [0.2, 0.25) is 0 Å². The van der Waals surface area contributed by atoms with E-state index in [1.54, 1.807) is 0 Å². The molecule has 8 aromatic carbocycles. The van der Waals surface area contributed by atoms with Gasteiger partial charge in [0.1, 0.15) is 0 Å². The molecule has 0 radical (unpaired) electrons. The Morgan fingerprint density at radius 1 is 0.471 bits per heavy atom. The average Bonchev–Trinajstić information content (AvgIpc) is 3.90. The van der Waals surface area contributed by atoms with Gasteiger partial charge in [-0.15, -0.1) is 11.3 Å². The van der Waals surface area contributed by atoms with Gasteiger partial charge in [-0.3, -0.25) is 0 Å². The molecular weight excluding hydrogens is 840 g/mol. The Hall–Kier alpha value is -6.62. The summed E-state index contributed by atoms with van der Waals surface area (Å²) in [5, 5.41) is 1.29. The van der Waals surface area contributed by atoms with E-state index in [4.69, 9.17) is 0 Å². The Bertz CT molecular complexity index is 3580. The molecule has 2 aliphatic heterocycles. The van der Waals surface area contributed by atoms with Crippen LogP contribution < -0.4 is 20.0 Å². The van der Waals surface area contributed by atoms with Crippen molar-refractivity contribution in [3.8, 4) is 44.5 Å². The molecule has 2 nitrogen and oxygen atoms in total. The molecule has 332 valence electrons. The molecule has 2 aliphatic carbocycles. The second-order valence-electron chi connectivity index (χ2n) is 23.0. The zero-order valence-electron chi connectivity index (χ0n) is 41.0. The first kappa shape index (κ1) is 41.6. The molecule has 0 bridgehead atoms. The van der Waals surface area contributed by atoms with Crippen LogP contribution in [0.4, 0.5) is 28.4 Å². The number of hydrogen-bond acceptors (Lipinski definition) is 3. The predicted molar refractivity (Wildman–Crippen MR) is 294 cm³/mol. The highest BCUT2D eigenvalue weighted by atomic mass is 32.1. The number of anilines is 5. The van der Waals surface area contributed by atoms with Gasteiger partial charge in [-0.05, 0) is 143 Å². The van der Waals surface area contributed by atoms with Crippen LogP contribution in [0.15, 0.2) is 164 Å². The van der Waals surface area contributed by atoms with Crippen molar-refractivity contribution in [2.75, 3.05) is 9.71 Å². The third-order valence-electron chi connectivity index (χ3n) is 16.1. The summed E-state index contributed by atoms with van der Waals surface area (Å²) >= 11 is 1.98. The van der Waals surface area contributed by atoms with Crippen molar-refractivity contribution in [2.45, 2.75) is 90.9 Å². The van der Waals surface area contributed by atoms with E-state index < -0.39 is 0 Å². The second-order valence-corrected chi connectivity index (χ2v) is 24.0. The molecular formula is C64H57BN2S.